The molecule has 308 valence electrons. The Morgan fingerprint density at radius 3 is 2.09 bits per heavy atom. The van der Waals surface area contributed by atoms with E-state index in [0.717, 1.165) is 0 Å². The number of ether oxygens (including phenoxy) is 4. The van der Waals surface area contributed by atoms with E-state index in [9.17, 15) is 43.8 Å². The monoisotopic (exact) mass is 782 g/mol. The highest BCUT2D eigenvalue weighted by Crippen LogP contribution is 2.71. The molecular weight excluding hydrogens is 727 g/mol. The lowest BCUT2D eigenvalue weighted by Gasteiger charge is -2.62. The van der Waals surface area contributed by atoms with Gasteiger partial charge in [-0.2, -0.15) is 0 Å². The van der Waals surface area contributed by atoms with Gasteiger partial charge in [-0.1, -0.05) is 53.2 Å². The van der Waals surface area contributed by atoms with Crippen LogP contribution in [-0.4, -0.2) is 111 Å². The van der Waals surface area contributed by atoms with Crippen molar-refractivity contribution in [1.82, 2.24) is 0 Å². The second-order valence-electron chi connectivity index (χ2n) is 15.1. The second-order valence-corrected chi connectivity index (χ2v) is 15.1. The number of hydrogen-bond acceptors (Lipinski definition) is 14. The SMILES string of the molecule is CCC(=O)O.CCC(=O)OCC(=O)[C@@]1(OC(=O)CC)[C@@H](C)C[C@H]2[C@@H]3CCC4=CC(=O)C=C[C@]4(C)C3(F)[C@@H](O)C[C@@]21C.CCC(=O)O[C@H]1C(=O)OC[C@@H](O)[C@H]1O. The summed E-state index contributed by atoms with van der Waals surface area (Å²) in [7, 11) is 0. The summed E-state index contributed by atoms with van der Waals surface area (Å²) in [6.45, 7) is 10.9. The van der Waals surface area contributed by atoms with E-state index in [1.54, 1.807) is 47.6 Å². The molecule has 3 saturated carbocycles. The van der Waals surface area contributed by atoms with Gasteiger partial charge in [0.1, 0.15) is 18.8 Å². The Hall–Kier alpha value is -4.02. The van der Waals surface area contributed by atoms with Crippen molar-refractivity contribution in [3.63, 3.8) is 0 Å². The number of carboxylic acids is 1. The molecule has 1 saturated heterocycles. The van der Waals surface area contributed by atoms with Crippen molar-refractivity contribution in [1.29, 1.82) is 0 Å². The lowest BCUT2D eigenvalue weighted by atomic mass is 9.44. The number of hydrogen-bond donors (Lipinski definition) is 4. The third kappa shape index (κ3) is 8.41. The van der Waals surface area contributed by atoms with E-state index in [1.807, 2.05) is 6.92 Å². The molecule has 0 aromatic carbocycles. The molecule has 4 fully saturated rings. The number of aliphatic carboxylic acids is 1. The normalized spacial score (nSPS) is 37.1. The van der Waals surface area contributed by atoms with Crippen molar-refractivity contribution in [2.24, 2.45) is 28.6 Å². The Morgan fingerprint density at radius 2 is 1.53 bits per heavy atom. The van der Waals surface area contributed by atoms with Crippen LogP contribution in [0.15, 0.2) is 23.8 Å². The van der Waals surface area contributed by atoms with Crippen LogP contribution in [0.2, 0.25) is 0 Å². The Morgan fingerprint density at radius 1 is 0.927 bits per heavy atom. The highest BCUT2D eigenvalue weighted by atomic mass is 19.1. The standard InChI is InChI=1S/C28H37FO7.C8H12O6.C3H6O2/c1-6-23(33)35-15-22(32)28(36-24(34)7-2)16(3)12-20-19-9-8-17-13-18(30)10-11-25(17,4)27(19,29)21(31)14-26(20,28)5;1-2-5(10)14-7-6(11)4(9)3-13-8(7)12;1-2-3(4)5/h10-11,13,16,19-21,31H,6-9,12,14-15H2,1-5H3;4,6-7,9,11H,2-3H2,1H3;2H2,1H3,(H,4,5)/t16-,19-,20-,21-,25-,26-,27?,28-;4-,6-,7-;/m01./s1. The van der Waals surface area contributed by atoms with Gasteiger partial charge < -0.3 is 39.4 Å². The van der Waals surface area contributed by atoms with Gasteiger partial charge in [-0.25, -0.2) is 9.18 Å². The number of carboxylic acid groups (broad SMARTS) is 1. The fourth-order valence-electron chi connectivity index (χ4n) is 9.04. The molecule has 4 N–H and O–H groups in total. The van der Waals surface area contributed by atoms with Gasteiger partial charge in [0, 0.05) is 48.3 Å². The van der Waals surface area contributed by atoms with Crippen LogP contribution in [0.25, 0.3) is 0 Å². The largest absolute Gasteiger partial charge is 0.481 e. The van der Waals surface area contributed by atoms with Crippen molar-refractivity contribution in [3.8, 4) is 0 Å². The number of halogens is 1. The highest BCUT2D eigenvalue weighted by Gasteiger charge is 2.77. The van der Waals surface area contributed by atoms with E-state index in [0.29, 0.717) is 24.8 Å². The van der Waals surface area contributed by atoms with Crippen LogP contribution in [0, 0.1) is 28.6 Å². The molecule has 0 amide bonds. The average Bonchev–Trinajstić information content (AvgIpc) is 3.36. The molecule has 5 aliphatic rings. The first-order valence-electron chi connectivity index (χ1n) is 18.8. The number of rotatable bonds is 9. The van der Waals surface area contributed by atoms with Crippen molar-refractivity contribution in [2.75, 3.05) is 13.2 Å². The molecule has 0 radical (unpaired) electrons. The minimum absolute atomic E-state index is 0.0430. The van der Waals surface area contributed by atoms with Gasteiger partial charge >= 0.3 is 29.8 Å². The summed E-state index contributed by atoms with van der Waals surface area (Å²) < 4.78 is 37.6. The summed E-state index contributed by atoms with van der Waals surface area (Å²) >= 11 is 0. The average molecular weight is 783 g/mol. The number of Topliss-reactive ketones (excluding diaryl/α,β-unsaturated/α-hetero) is 1. The molecule has 5 rings (SSSR count). The quantitative estimate of drug-likeness (QED) is 0.194. The summed E-state index contributed by atoms with van der Waals surface area (Å²) in [4.78, 5) is 81.6. The molecule has 1 aliphatic heterocycles. The Bertz CT molecular complexity index is 1570. The highest BCUT2D eigenvalue weighted by molar-refractivity contribution is 6.01. The van der Waals surface area contributed by atoms with Crippen LogP contribution >= 0.6 is 0 Å². The van der Waals surface area contributed by atoms with E-state index in [4.69, 9.17) is 19.7 Å². The summed E-state index contributed by atoms with van der Waals surface area (Å²) in [6.07, 6.45) is 0.603. The van der Waals surface area contributed by atoms with Gasteiger partial charge in [0.05, 0.1) is 6.10 Å². The molecule has 55 heavy (non-hydrogen) atoms. The number of aliphatic hydroxyl groups is 3. The first-order chi connectivity index (χ1) is 25.6. The maximum absolute atomic E-state index is 17.4. The van der Waals surface area contributed by atoms with Gasteiger partial charge in [0.15, 0.2) is 23.7 Å². The number of carbonyl (C=O) groups excluding carboxylic acids is 6. The number of ketones is 2. The third-order valence-electron chi connectivity index (χ3n) is 12.0. The lowest BCUT2D eigenvalue weighted by molar-refractivity contribution is -0.228. The van der Waals surface area contributed by atoms with Gasteiger partial charge in [0.2, 0.25) is 11.9 Å². The zero-order chi connectivity index (χ0) is 41.7. The van der Waals surface area contributed by atoms with Gasteiger partial charge in [-0.15, -0.1) is 0 Å². The number of cyclic esters (lactones) is 1. The molecule has 11 atom stereocenters. The Balaban J connectivity index is 0.000000353. The predicted molar refractivity (Wildman–Crippen MR) is 189 cm³/mol. The van der Waals surface area contributed by atoms with Gasteiger partial charge in [-0.3, -0.25) is 28.8 Å². The Labute approximate surface area is 319 Å². The van der Waals surface area contributed by atoms with E-state index < -0.39 is 101 Å². The number of aliphatic hydroxyl groups excluding tert-OH is 3. The van der Waals surface area contributed by atoms with E-state index in [1.165, 1.54) is 12.2 Å². The molecule has 0 aromatic rings. The van der Waals surface area contributed by atoms with Crippen LogP contribution < -0.4 is 0 Å². The molecule has 0 bridgehead atoms. The topological polar surface area (TPSA) is 237 Å². The van der Waals surface area contributed by atoms with Crippen molar-refractivity contribution >= 4 is 41.4 Å². The number of carbonyl (C=O) groups is 7. The first-order valence-corrected chi connectivity index (χ1v) is 18.8. The van der Waals surface area contributed by atoms with E-state index in [2.05, 4.69) is 9.47 Å². The number of allylic oxidation sites excluding steroid dienone is 4. The van der Waals surface area contributed by atoms with Crippen molar-refractivity contribution in [3.05, 3.63) is 23.8 Å². The van der Waals surface area contributed by atoms with Crippen molar-refractivity contribution < 1.29 is 77.3 Å². The summed E-state index contributed by atoms with van der Waals surface area (Å²) in [5.74, 6) is -5.51. The van der Waals surface area contributed by atoms with E-state index in [-0.39, 0.29) is 50.4 Å². The molecule has 0 spiro atoms. The first kappa shape index (κ1) is 45.4. The summed E-state index contributed by atoms with van der Waals surface area (Å²) in [5, 5.41) is 37.7. The van der Waals surface area contributed by atoms with Crippen LogP contribution in [0.1, 0.15) is 99.8 Å². The Kier molecular flexibility index (Phi) is 14.7. The summed E-state index contributed by atoms with van der Waals surface area (Å²) in [5.41, 5.74) is -5.26. The maximum atomic E-state index is 17.4. The van der Waals surface area contributed by atoms with Crippen LogP contribution in [0.3, 0.4) is 0 Å². The number of esters is 4. The minimum atomic E-state index is -2.05. The zero-order valence-electron chi connectivity index (χ0n) is 32.5. The van der Waals surface area contributed by atoms with Gasteiger partial charge in [0.25, 0.3) is 0 Å². The number of alkyl halides is 1. The lowest BCUT2D eigenvalue weighted by Crippen LogP contribution is -2.70. The third-order valence-corrected chi connectivity index (χ3v) is 12.0. The minimum Gasteiger partial charge on any atom is -0.481 e. The van der Waals surface area contributed by atoms with Crippen LogP contribution in [0.4, 0.5) is 4.39 Å². The molecule has 1 heterocycles. The fourth-order valence-corrected chi connectivity index (χ4v) is 9.04. The molecule has 4 aliphatic carbocycles. The van der Waals surface area contributed by atoms with Crippen LogP contribution in [0.5, 0.6) is 0 Å². The van der Waals surface area contributed by atoms with Gasteiger partial charge in [-0.05, 0) is 50.7 Å². The van der Waals surface area contributed by atoms with Crippen molar-refractivity contribution in [2.45, 2.75) is 136 Å². The smallest absolute Gasteiger partial charge is 0.350 e. The molecule has 0 aromatic heterocycles. The second kappa shape index (κ2) is 17.8. The predicted octanol–water partition coefficient (Wildman–Crippen LogP) is 2.89. The maximum Gasteiger partial charge on any atom is 0.350 e. The molecule has 16 heteroatoms. The fraction of sp³-hybridized carbons (Fsp3) is 0.718. The zero-order valence-corrected chi connectivity index (χ0v) is 32.5. The molecule has 15 nitrogen and oxygen atoms in total. The van der Waals surface area contributed by atoms with Crippen LogP contribution in [-0.2, 0) is 52.5 Å². The summed E-state index contributed by atoms with van der Waals surface area (Å²) in [6, 6.07) is 0. The molecule has 1 unspecified atom stereocenters. The number of fused-ring (bicyclic) bond motifs is 5. The van der Waals surface area contributed by atoms with E-state index >= 15 is 4.39 Å². The molecular formula is C39H55FO15.